The number of thioether (sulfide) groups is 1. The molecule has 0 aliphatic rings. The molecule has 0 aliphatic carbocycles. The minimum Gasteiger partial charge on any atom is -0.467 e. The van der Waals surface area contributed by atoms with E-state index in [1.165, 1.54) is 11.6 Å². The molecule has 0 aliphatic heterocycles. The monoisotopic (exact) mass is 417 g/mol. The van der Waals surface area contributed by atoms with Crippen LogP contribution in [-0.2, 0) is 31.9 Å². The highest BCUT2D eigenvalue weighted by Gasteiger charge is 2.18. The van der Waals surface area contributed by atoms with Crippen LogP contribution in [0.5, 0.6) is 0 Å². The molecule has 0 spiro atoms. The van der Waals surface area contributed by atoms with Gasteiger partial charge in [0, 0.05) is 20.5 Å². The Morgan fingerprint density at radius 3 is 2.66 bits per heavy atom. The molecular weight excluding hydrogens is 394 g/mol. The van der Waals surface area contributed by atoms with E-state index in [1.54, 1.807) is 25.4 Å². The van der Waals surface area contributed by atoms with Crippen LogP contribution in [0.25, 0.3) is 11.0 Å². The number of nitrogens with zero attached hydrogens (tertiary/aromatic N) is 4. The second-order valence-corrected chi connectivity index (χ2v) is 8.06. The number of hydrogen-bond acceptors (Lipinski definition) is 7. The molecule has 0 saturated carbocycles. The van der Waals surface area contributed by atoms with Crippen LogP contribution in [0.3, 0.4) is 0 Å². The Morgan fingerprint density at radius 1 is 1.24 bits per heavy atom. The number of aromatic nitrogens is 4. The van der Waals surface area contributed by atoms with Crippen molar-refractivity contribution in [2.24, 2.45) is 20.0 Å². The lowest BCUT2D eigenvalue weighted by molar-refractivity contribution is -0.118. The molecule has 1 N–H and O–H groups in total. The Morgan fingerprint density at radius 2 is 2.00 bits per heavy atom. The Hall–Kier alpha value is -2.88. The predicted molar refractivity (Wildman–Crippen MR) is 110 cm³/mol. The van der Waals surface area contributed by atoms with Crippen molar-refractivity contribution in [3.8, 4) is 0 Å². The van der Waals surface area contributed by atoms with Crippen LogP contribution in [0, 0.1) is 5.92 Å². The molecule has 3 rings (SSSR count). The Balaban J connectivity index is 1.93. The summed E-state index contributed by atoms with van der Waals surface area (Å²) < 4.78 is 7.55. The van der Waals surface area contributed by atoms with Gasteiger partial charge in [-0.25, -0.2) is 14.8 Å². The van der Waals surface area contributed by atoms with Crippen molar-refractivity contribution in [2.45, 2.75) is 31.8 Å². The summed E-state index contributed by atoms with van der Waals surface area (Å²) in [7, 11) is 2.98. The second kappa shape index (κ2) is 8.64. The van der Waals surface area contributed by atoms with Crippen molar-refractivity contribution >= 4 is 28.7 Å². The van der Waals surface area contributed by atoms with Crippen LogP contribution in [0.2, 0.25) is 0 Å². The maximum Gasteiger partial charge on any atom is 0.332 e. The fourth-order valence-corrected chi connectivity index (χ4v) is 3.68. The molecule has 0 saturated heterocycles. The third-order valence-corrected chi connectivity index (χ3v) is 5.26. The van der Waals surface area contributed by atoms with Crippen LogP contribution >= 0.6 is 11.8 Å². The van der Waals surface area contributed by atoms with E-state index in [9.17, 15) is 14.4 Å². The Labute approximate surface area is 171 Å². The molecule has 29 heavy (non-hydrogen) atoms. The number of furan rings is 1. The molecule has 3 heterocycles. The quantitative estimate of drug-likeness (QED) is 0.454. The van der Waals surface area contributed by atoms with E-state index in [0.717, 1.165) is 16.3 Å². The third-order valence-electron chi connectivity index (χ3n) is 4.28. The summed E-state index contributed by atoms with van der Waals surface area (Å²) >= 11 is 1.15. The zero-order valence-electron chi connectivity index (χ0n) is 16.8. The van der Waals surface area contributed by atoms with Gasteiger partial charge in [0.2, 0.25) is 5.91 Å². The summed E-state index contributed by atoms with van der Waals surface area (Å²) in [6.45, 7) is 4.35. The van der Waals surface area contributed by atoms with E-state index in [1.807, 2.05) is 13.8 Å². The highest BCUT2D eigenvalue weighted by Crippen LogP contribution is 2.23. The number of amides is 1. The van der Waals surface area contributed by atoms with E-state index in [4.69, 9.17) is 4.42 Å². The molecule has 0 radical (unpaired) electrons. The van der Waals surface area contributed by atoms with Crippen molar-refractivity contribution < 1.29 is 9.21 Å². The van der Waals surface area contributed by atoms with Gasteiger partial charge in [-0.05, 0) is 18.1 Å². The normalized spacial score (nSPS) is 11.3. The molecule has 0 aromatic carbocycles. The highest BCUT2D eigenvalue weighted by molar-refractivity contribution is 8.00. The molecule has 3 aromatic heterocycles. The molecule has 3 aromatic rings. The molecule has 0 fully saturated rings. The van der Waals surface area contributed by atoms with Crippen molar-refractivity contribution in [3.05, 3.63) is 50.8 Å². The average Bonchev–Trinajstić information content (AvgIpc) is 3.20. The SMILES string of the molecule is CC(C)Cc1nc(SCC(=O)NCc2ccco2)c2c(=O)n(C)c(=O)n(C)c2n1. The molecule has 0 bridgehead atoms. The number of carbonyl (C=O) groups excluding carboxylic acids is 1. The van der Waals surface area contributed by atoms with E-state index in [2.05, 4.69) is 15.3 Å². The minimum absolute atomic E-state index is 0.0694. The fraction of sp³-hybridized carbons (Fsp3) is 0.421. The smallest absolute Gasteiger partial charge is 0.332 e. The number of rotatable bonds is 7. The van der Waals surface area contributed by atoms with Gasteiger partial charge in [0.1, 0.15) is 22.0 Å². The van der Waals surface area contributed by atoms with E-state index in [0.29, 0.717) is 28.9 Å². The topological polar surface area (TPSA) is 112 Å². The van der Waals surface area contributed by atoms with Crippen LogP contribution in [0.1, 0.15) is 25.4 Å². The number of hydrogen-bond donors (Lipinski definition) is 1. The molecule has 10 heteroatoms. The Kier molecular flexibility index (Phi) is 6.21. The molecule has 154 valence electrons. The number of carbonyl (C=O) groups is 1. The first kappa shape index (κ1) is 20.8. The maximum atomic E-state index is 12.7. The molecule has 0 unspecified atom stereocenters. The van der Waals surface area contributed by atoms with Gasteiger partial charge in [-0.1, -0.05) is 25.6 Å². The van der Waals surface area contributed by atoms with Crippen molar-refractivity contribution in [1.82, 2.24) is 24.4 Å². The minimum atomic E-state index is -0.474. The van der Waals surface area contributed by atoms with Gasteiger partial charge in [0.25, 0.3) is 5.56 Å². The summed E-state index contributed by atoms with van der Waals surface area (Å²) in [5.74, 6) is 1.34. The van der Waals surface area contributed by atoms with Crippen molar-refractivity contribution in [3.63, 3.8) is 0 Å². The van der Waals surface area contributed by atoms with Gasteiger partial charge in [0.05, 0.1) is 18.6 Å². The predicted octanol–water partition coefficient (Wildman–Crippen LogP) is 1.23. The van der Waals surface area contributed by atoms with Gasteiger partial charge in [-0.15, -0.1) is 0 Å². The lowest BCUT2D eigenvalue weighted by atomic mass is 10.1. The first-order valence-corrected chi connectivity index (χ1v) is 10.1. The molecule has 0 atom stereocenters. The van der Waals surface area contributed by atoms with Gasteiger partial charge >= 0.3 is 5.69 Å². The molecular formula is C19H23N5O4S. The number of nitrogens with one attached hydrogen (secondary N) is 1. The van der Waals surface area contributed by atoms with Crippen LogP contribution in [0.15, 0.2) is 37.4 Å². The first-order chi connectivity index (χ1) is 13.8. The average molecular weight is 417 g/mol. The number of aryl methyl sites for hydroxylation is 1. The summed E-state index contributed by atoms with van der Waals surface area (Å²) in [4.78, 5) is 46.2. The molecule has 1 amide bonds. The summed E-state index contributed by atoms with van der Waals surface area (Å²) in [5, 5.41) is 3.40. The first-order valence-electron chi connectivity index (χ1n) is 9.16. The summed E-state index contributed by atoms with van der Waals surface area (Å²) in [5.41, 5.74) is -0.649. The summed E-state index contributed by atoms with van der Waals surface area (Å²) in [6, 6.07) is 3.52. The maximum absolute atomic E-state index is 12.7. The van der Waals surface area contributed by atoms with Crippen LogP contribution < -0.4 is 16.6 Å². The van der Waals surface area contributed by atoms with Gasteiger partial charge in [-0.3, -0.25) is 18.7 Å². The summed E-state index contributed by atoms with van der Waals surface area (Å²) in [6.07, 6.45) is 2.14. The van der Waals surface area contributed by atoms with E-state index in [-0.39, 0.29) is 29.2 Å². The van der Waals surface area contributed by atoms with Gasteiger partial charge < -0.3 is 9.73 Å². The lowest BCUT2D eigenvalue weighted by Gasteiger charge is -2.12. The lowest BCUT2D eigenvalue weighted by Crippen LogP contribution is -2.38. The zero-order chi connectivity index (χ0) is 21.1. The Bertz CT molecular complexity index is 1150. The number of fused-ring (bicyclic) bond motifs is 1. The molecule has 9 nitrogen and oxygen atoms in total. The van der Waals surface area contributed by atoms with Gasteiger partial charge in [-0.2, -0.15) is 0 Å². The largest absolute Gasteiger partial charge is 0.467 e. The highest BCUT2D eigenvalue weighted by atomic mass is 32.2. The van der Waals surface area contributed by atoms with Crippen molar-refractivity contribution in [1.29, 1.82) is 0 Å². The van der Waals surface area contributed by atoms with Crippen molar-refractivity contribution in [2.75, 3.05) is 5.75 Å². The van der Waals surface area contributed by atoms with Crippen LogP contribution in [-0.4, -0.2) is 30.8 Å². The van der Waals surface area contributed by atoms with Crippen LogP contribution in [0.4, 0.5) is 0 Å². The fourth-order valence-electron chi connectivity index (χ4n) is 2.82. The zero-order valence-corrected chi connectivity index (χ0v) is 17.6. The third kappa shape index (κ3) is 4.58. The van der Waals surface area contributed by atoms with Gasteiger partial charge in [0.15, 0.2) is 5.65 Å². The standard InChI is InChI=1S/C19H23N5O4S/c1-11(2)8-13-21-16-15(18(26)24(4)19(27)23(16)3)17(22-13)29-10-14(25)20-9-12-6-5-7-28-12/h5-7,11H,8-10H2,1-4H3,(H,20,25). The second-order valence-electron chi connectivity index (χ2n) is 7.09. The van der Waals surface area contributed by atoms with E-state index < -0.39 is 11.2 Å². The van der Waals surface area contributed by atoms with E-state index >= 15 is 0 Å².